The summed E-state index contributed by atoms with van der Waals surface area (Å²) in [5.74, 6) is 0.579. The van der Waals surface area contributed by atoms with Gasteiger partial charge in [0.15, 0.2) is 5.78 Å². The fraction of sp³-hybridized carbons (Fsp3) is 0.444. The first-order valence-corrected chi connectivity index (χ1v) is 5.16. The Balaban J connectivity index is 2.87. The molecule has 3 heteroatoms. The molecule has 66 valence electrons. The SMILES string of the molecule is Cc1cc(C)c(C(=O)CCCl)s1. The highest BCUT2D eigenvalue weighted by atomic mass is 35.5. The maximum atomic E-state index is 11.4. The van der Waals surface area contributed by atoms with Gasteiger partial charge in [-0.15, -0.1) is 22.9 Å². The minimum absolute atomic E-state index is 0.167. The molecular weight excluding hydrogens is 192 g/mol. The van der Waals surface area contributed by atoms with Gasteiger partial charge in [-0.05, 0) is 25.5 Å². The van der Waals surface area contributed by atoms with Crippen LogP contribution in [0.3, 0.4) is 0 Å². The monoisotopic (exact) mass is 202 g/mol. The second-order valence-electron chi connectivity index (χ2n) is 2.73. The first-order chi connectivity index (χ1) is 5.65. The Hall–Kier alpha value is -0.340. The lowest BCUT2D eigenvalue weighted by molar-refractivity contribution is 0.0992. The molecule has 1 rings (SSSR count). The van der Waals surface area contributed by atoms with Crippen molar-refractivity contribution in [2.75, 3.05) is 5.88 Å². The van der Waals surface area contributed by atoms with E-state index in [1.807, 2.05) is 19.9 Å². The number of thiophene rings is 1. The molecule has 0 spiro atoms. The Morgan fingerprint density at radius 3 is 2.67 bits per heavy atom. The molecule has 1 aromatic rings. The van der Waals surface area contributed by atoms with Gasteiger partial charge in [0, 0.05) is 17.2 Å². The molecule has 0 radical (unpaired) electrons. The lowest BCUT2D eigenvalue weighted by atomic mass is 10.2. The number of halogens is 1. The van der Waals surface area contributed by atoms with Crippen LogP contribution in [0, 0.1) is 13.8 Å². The Morgan fingerprint density at radius 2 is 2.25 bits per heavy atom. The van der Waals surface area contributed by atoms with Crippen molar-refractivity contribution in [2.24, 2.45) is 0 Å². The third kappa shape index (κ3) is 2.08. The Bertz CT molecular complexity index is 291. The molecule has 1 aromatic heterocycles. The fourth-order valence-corrected chi connectivity index (χ4v) is 2.28. The molecule has 0 saturated heterocycles. The van der Waals surface area contributed by atoms with E-state index >= 15 is 0 Å². The largest absolute Gasteiger partial charge is 0.293 e. The number of alkyl halides is 1. The van der Waals surface area contributed by atoms with Crippen molar-refractivity contribution in [1.29, 1.82) is 0 Å². The van der Waals surface area contributed by atoms with E-state index in [1.165, 1.54) is 4.88 Å². The summed E-state index contributed by atoms with van der Waals surface area (Å²) in [6.45, 7) is 3.97. The van der Waals surface area contributed by atoms with Gasteiger partial charge in [0.25, 0.3) is 0 Å². The van der Waals surface area contributed by atoms with Crippen LogP contribution in [-0.2, 0) is 0 Å². The molecule has 0 unspecified atom stereocenters. The summed E-state index contributed by atoms with van der Waals surface area (Å²) in [5, 5.41) is 0. The van der Waals surface area contributed by atoms with Crippen molar-refractivity contribution in [1.82, 2.24) is 0 Å². The van der Waals surface area contributed by atoms with Crippen molar-refractivity contribution >= 4 is 28.7 Å². The number of carbonyl (C=O) groups is 1. The van der Waals surface area contributed by atoms with Crippen LogP contribution in [0.15, 0.2) is 6.07 Å². The van der Waals surface area contributed by atoms with Crippen LogP contribution in [0.1, 0.15) is 26.5 Å². The number of Topliss-reactive ketones (excluding diaryl/α,β-unsaturated/α-hetero) is 1. The van der Waals surface area contributed by atoms with Gasteiger partial charge >= 0.3 is 0 Å². The molecule has 1 nitrogen and oxygen atoms in total. The smallest absolute Gasteiger partial charge is 0.174 e. The minimum atomic E-state index is 0.167. The lowest BCUT2D eigenvalue weighted by Gasteiger charge is -1.94. The maximum absolute atomic E-state index is 11.4. The first kappa shape index (κ1) is 9.75. The van der Waals surface area contributed by atoms with E-state index in [0.29, 0.717) is 12.3 Å². The maximum Gasteiger partial charge on any atom is 0.174 e. The molecule has 0 N–H and O–H groups in total. The van der Waals surface area contributed by atoms with Gasteiger partial charge < -0.3 is 0 Å². The van der Waals surface area contributed by atoms with Crippen LogP contribution >= 0.6 is 22.9 Å². The lowest BCUT2D eigenvalue weighted by Crippen LogP contribution is -1.97. The average molecular weight is 203 g/mol. The van der Waals surface area contributed by atoms with E-state index in [0.717, 1.165) is 10.4 Å². The highest BCUT2D eigenvalue weighted by molar-refractivity contribution is 7.14. The second-order valence-corrected chi connectivity index (χ2v) is 4.37. The predicted molar refractivity (Wildman–Crippen MR) is 53.5 cm³/mol. The molecular formula is C9H11ClOS. The molecule has 0 atom stereocenters. The number of hydrogen-bond donors (Lipinski definition) is 0. The summed E-state index contributed by atoms with van der Waals surface area (Å²) in [5.41, 5.74) is 1.08. The molecule has 0 amide bonds. The molecule has 0 aliphatic rings. The Morgan fingerprint density at radius 1 is 1.58 bits per heavy atom. The van der Waals surface area contributed by atoms with Crippen molar-refractivity contribution in [3.63, 3.8) is 0 Å². The molecule has 0 aliphatic carbocycles. The van der Waals surface area contributed by atoms with E-state index in [1.54, 1.807) is 11.3 Å². The molecule has 0 bridgehead atoms. The number of ketones is 1. The Kier molecular flexibility index (Phi) is 3.29. The number of carbonyl (C=O) groups excluding carboxylic acids is 1. The van der Waals surface area contributed by atoms with E-state index in [2.05, 4.69) is 0 Å². The summed E-state index contributed by atoms with van der Waals surface area (Å²) in [4.78, 5) is 13.5. The van der Waals surface area contributed by atoms with Gasteiger partial charge in [0.05, 0.1) is 4.88 Å². The van der Waals surface area contributed by atoms with E-state index in [-0.39, 0.29) is 5.78 Å². The first-order valence-electron chi connectivity index (χ1n) is 3.81. The van der Waals surface area contributed by atoms with Gasteiger partial charge in [-0.2, -0.15) is 0 Å². The standard InChI is InChI=1S/C9H11ClOS/c1-6-5-7(2)12-9(6)8(11)3-4-10/h5H,3-4H2,1-2H3. The highest BCUT2D eigenvalue weighted by Crippen LogP contribution is 2.22. The summed E-state index contributed by atoms with van der Waals surface area (Å²) in [6, 6.07) is 2.03. The van der Waals surface area contributed by atoms with Crippen LogP contribution in [0.25, 0.3) is 0 Å². The summed E-state index contributed by atoms with van der Waals surface area (Å²) in [6.07, 6.45) is 0.447. The molecule has 12 heavy (non-hydrogen) atoms. The normalized spacial score (nSPS) is 10.2. The molecule has 0 fully saturated rings. The van der Waals surface area contributed by atoms with Gasteiger partial charge in [0.1, 0.15) is 0 Å². The van der Waals surface area contributed by atoms with Crippen molar-refractivity contribution in [3.8, 4) is 0 Å². The van der Waals surface area contributed by atoms with E-state index < -0.39 is 0 Å². The van der Waals surface area contributed by atoms with Crippen LogP contribution < -0.4 is 0 Å². The zero-order chi connectivity index (χ0) is 9.14. The van der Waals surface area contributed by atoms with Crippen LogP contribution in [-0.4, -0.2) is 11.7 Å². The van der Waals surface area contributed by atoms with Crippen molar-refractivity contribution < 1.29 is 4.79 Å². The topological polar surface area (TPSA) is 17.1 Å². The fourth-order valence-electron chi connectivity index (χ4n) is 1.12. The molecule has 0 aromatic carbocycles. The third-order valence-electron chi connectivity index (χ3n) is 1.62. The number of rotatable bonds is 3. The molecule has 0 saturated carbocycles. The zero-order valence-corrected chi connectivity index (χ0v) is 8.76. The predicted octanol–water partition coefficient (Wildman–Crippen LogP) is 3.18. The quantitative estimate of drug-likeness (QED) is 0.544. The van der Waals surface area contributed by atoms with Crippen LogP contribution in [0.5, 0.6) is 0 Å². The second kappa shape index (κ2) is 4.06. The molecule has 1 heterocycles. The third-order valence-corrected chi connectivity index (χ3v) is 3.00. The van der Waals surface area contributed by atoms with E-state index in [4.69, 9.17) is 11.6 Å². The van der Waals surface area contributed by atoms with Gasteiger partial charge in [0.2, 0.25) is 0 Å². The summed E-state index contributed by atoms with van der Waals surface area (Å²) < 4.78 is 0. The summed E-state index contributed by atoms with van der Waals surface area (Å²) >= 11 is 7.04. The van der Waals surface area contributed by atoms with Crippen molar-refractivity contribution in [3.05, 3.63) is 21.4 Å². The van der Waals surface area contributed by atoms with Gasteiger partial charge in [-0.25, -0.2) is 0 Å². The zero-order valence-electron chi connectivity index (χ0n) is 7.19. The highest BCUT2D eigenvalue weighted by Gasteiger charge is 2.10. The number of hydrogen-bond acceptors (Lipinski definition) is 2. The summed E-state index contributed by atoms with van der Waals surface area (Å²) in [7, 11) is 0. The Labute approximate surface area is 81.4 Å². The van der Waals surface area contributed by atoms with Gasteiger partial charge in [-0.1, -0.05) is 0 Å². The minimum Gasteiger partial charge on any atom is -0.293 e. The average Bonchev–Trinajstić information content (AvgIpc) is 2.30. The van der Waals surface area contributed by atoms with Crippen LogP contribution in [0.2, 0.25) is 0 Å². The molecule has 0 aliphatic heterocycles. The van der Waals surface area contributed by atoms with Gasteiger partial charge in [-0.3, -0.25) is 4.79 Å². The van der Waals surface area contributed by atoms with Crippen molar-refractivity contribution in [2.45, 2.75) is 20.3 Å². The van der Waals surface area contributed by atoms with Crippen LogP contribution in [0.4, 0.5) is 0 Å². The number of aryl methyl sites for hydroxylation is 2. The van der Waals surface area contributed by atoms with E-state index in [9.17, 15) is 4.79 Å².